The van der Waals surface area contributed by atoms with Crippen LogP contribution in [-0.4, -0.2) is 46.9 Å². The number of nitrogens with zero attached hydrogens (tertiary/aromatic N) is 2. The molecule has 3 rings (SSSR count). The van der Waals surface area contributed by atoms with Crippen LogP contribution in [0.4, 0.5) is 0 Å². The van der Waals surface area contributed by atoms with Crippen molar-refractivity contribution in [1.29, 1.82) is 0 Å². The van der Waals surface area contributed by atoms with Gasteiger partial charge in [0.15, 0.2) is 14.6 Å². The summed E-state index contributed by atoms with van der Waals surface area (Å²) in [5.41, 5.74) is 8.68. The van der Waals surface area contributed by atoms with Gasteiger partial charge in [0.1, 0.15) is 0 Å². The highest BCUT2D eigenvalue weighted by Crippen LogP contribution is 2.43. The number of benzene rings is 1. The lowest BCUT2D eigenvalue weighted by molar-refractivity contribution is -0.131. The van der Waals surface area contributed by atoms with E-state index in [2.05, 4.69) is 28.8 Å². The molecular formula is C21H24N4O4S. The number of aromatic nitrogens is 2. The summed E-state index contributed by atoms with van der Waals surface area (Å²) >= 11 is 0. The minimum atomic E-state index is -3.76. The van der Waals surface area contributed by atoms with Gasteiger partial charge in [-0.1, -0.05) is 11.8 Å². The van der Waals surface area contributed by atoms with E-state index in [9.17, 15) is 13.2 Å². The molecule has 158 valence electrons. The molecule has 0 spiro atoms. The molecule has 1 aliphatic carbocycles. The van der Waals surface area contributed by atoms with Crippen molar-refractivity contribution in [3.8, 4) is 23.7 Å². The van der Waals surface area contributed by atoms with Gasteiger partial charge in [-0.05, 0) is 56.2 Å². The first kappa shape index (κ1) is 21.8. The van der Waals surface area contributed by atoms with E-state index >= 15 is 0 Å². The van der Waals surface area contributed by atoms with Gasteiger partial charge in [0, 0.05) is 35.7 Å². The van der Waals surface area contributed by atoms with Gasteiger partial charge < -0.3 is 5.73 Å². The van der Waals surface area contributed by atoms with Crippen molar-refractivity contribution in [2.45, 2.75) is 37.5 Å². The van der Waals surface area contributed by atoms with Crippen LogP contribution in [0.25, 0.3) is 10.9 Å². The maximum absolute atomic E-state index is 12.1. The first-order chi connectivity index (χ1) is 14.1. The van der Waals surface area contributed by atoms with Crippen molar-refractivity contribution in [3.63, 3.8) is 0 Å². The number of carbonyl (C=O) groups is 1. The van der Waals surface area contributed by atoms with Crippen molar-refractivity contribution in [2.75, 3.05) is 12.8 Å². The SMILES string of the molecule is C[C@@](CCn1ncc2cc(C#CC#CC3(CN)CC3)ccc21)(C(=O)NO)S(C)(=O)=O. The lowest BCUT2D eigenvalue weighted by Crippen LogP contribution is -2.49. The van der Waals surface area contributed by atoms with Gasteiger partial charge in [0.2, 0.25) is 0 Å². The fourth-order valence-electron chi connectivity index (χ4n) is 3.05. The smallest absolute Gasteiger partial charge is 0.264 e. The molecule has 1 fully saturated rings. The van der Waals surface area contributed by atoms with Crippen LogP contribution in [0.15, 0.2) is 24.4 Å². The van der Waals surface area contributed by atoms with Gasteiger partial charge in [-0.3, -0.25) is 14.7 Å². The molecule has 0 radical (unpaired) electrons. The van der Waals surface area contributed by atoms with Gasteiger partial charge in [0.25, 0.3) is 5.91 Å². The number of carbonyl (C=O) groups excluding carboxylic acids is 1. The molecule has 1 aromatic carbocycles. The molecule has 2 aromatic rings. The topological polar surface area (TPSA) is 127 Å². The Hall–Kier alpha value is -2.85. The second-order valence-corrected chi connectivity index (χ2v) is 10.3. The molecule has 0 bridgehead atoms. The van der Waals surface area contributed by atoms with Gasteiger partial charge in [-0.15, -0.1) is 0 Å². The summed E-state index contributed by atoms with van der Waals surface area (Å²) in [6.45, 7) is 2.02. The second kappa shape index (κ2) is 8.11. The third kappa shape index (κ3) is 4.34. The van der Waals surface area contributed by atoms with E-state index < -0.39 is 20.5 Å². The fourth-order valence-corrected chi connectivity index (χ4v) is 3.89. The van der Waals surface area contributed by atoms with Crippen LogP contribution in [0, 0.1) is 29.1 Å². The van der Waals surface area contributed by atoms with E-state index in [1.54, 1.807) is 10.9 Å². The molecule has 4 N–H and O–H groups in total. The Morgan fingerprint density at radius 1 is 1.40 bits per heavy atom. The van der Waals surface area contributed by atoms with E-state index in [0.717, 1.165) is 35.6 Å². The number of hydroxylamine groups is 1. The van der Waals surface area contributed by atoms with Crippen molar-refractivity contribution >= 4 is 26.6 Å². The molecule has 1 aliphatic rings. The molecule has 1 saturated carbocycles. The molecule has 8 nitrogen and oxygen atoms in total. The number of rotatable bonds is 6. The van der Waals surface area contributed by atoms with Crippen LogP contribution in [-0.2, 0) is 21.2 Å². The number of aryl methyl sites for hydroxylation is 1. The Labute approximate surface area is 175 Å². The Morgan fingerprint density at radius 2 is 2.13 bits per heavy atom. The summed E-state index contributed by atoms with van der Waals surface area (Å²) in [5, 5.41) is 14.1. The molecule has 1 amide bonds. The maximum Gasteiger partial charge on any atom is 0.264 e. The summed E-state index contributed by atoms with van der Waals surface area (Å²) in [7, 11) is -3.76. The highest BCUT2D eigenvalue weighted by molar-refractivity contribution is 7.92. The van der Waals surface area contributed by atoms with E-state index in [1.807, 2.05) is 18.2 Å². The molecule has 1 heterocycles. The average Bonchev–Trinajstić information content (AvgIpc) is 3.39. The molecule has 30 heavy (non-hydrogen) atoms. The Bertz CT molecular complexity index is 1210. The zero-order valence-electron chi connectivity index (χ0n) is 16.9. The third-order valence-electron chi connectivity index (χ3n) is 5.68. The van der Waals surface area contributed by atoms with E-state index in [4.69, 9.17) is 10.9 Å². The van der Waals surface area contributed by atoms with Crippen molar-refractivity contribution < 1.29 is 18.4 Å². The van der Waals surface area contributed by atoms with Gasteiger partial charge in [-0.2, -0.15) is 5.10 Å². The van der Waals surface area contributed by atoms with Crippen LogP contribution < -0.4 is 11.2 Å². The number of amides is 1. The third-order valence-corrected chi connectivity index (χ3v) is 7.71. The average molecular weight is 429 g/mol. The molecule has 9 heteroatoms. The van der Waals surface area contributed by atoms with Crippen molar-refractivity contribution in [2.24, 2.45) is 11.1 Å². The first-order valence-corrected chi connectivity index (χ1v) is 11.4. The summed E-state index contributed by atoms with van der Waals surface area (Å²) in [6, 6.07) is 5.55. The van der Waals surface area contributed by atoms with Crippen LogP contribution in [0.2, 0.25) is 0 Å². The number of hydrogen-bond acceptors (Lipinski definition) is 6. The molecule has 0 saturated heterocycles. The van der Waals surface area contributed by atoms with Crippen molar-refractivity contribution in [3.05, 3.63) is 30.0 Å². The van der Waals surface area contributed by atoms with Gasteiger partial charge in [-0.25, -0.2) is 13.9 Å². The largest absolute Gasteiger partial charge is 0.329 e. The van der Waals surface area contributed by atoms with Gasteiger partial charge in [0.05, 0.1) is 11.7 Å². The highest BCUT2D eigenvalue weighted by Gasteiger charge is 2.43. The summed E-state index contributed by atoms with van der Waals surface area (Å²) in [5.74, 6) is 10.9. The summed E-state index contributed by atoms with van der Waals surface area (Å²) in [4.78, 5) is 12.0. The summed E-state index contributed by atoms with van der Waals surface area (Å²) < 4.78 is 24.0. The number of hydrogen-bond donors (Lipinski definition) is 3. The minimum absolute atomic E-state index is 0.0346. The zero-order valence-corrected chi connectivity index (χ0v) is 17.7. The fraction of sp³-hybridized carbons (Fsp3) is 0.429. The predicted octanol–water partition coefficient (Wildman–Crippen LogP) is 0.829. The molecule has 1 atom stereocenters. The monoisotopic (exact) mass is 428 g/mol. The van der Waals surface area contributed by atoms with Crippen LogP contribution in [0.3, 0.4) is 0 Å². The molecule has 0 unspecified atom stereocenters. The quantitative estimate of drug-likeness (QED) is 0.355. The minimum Gasteiger partial charge on any atom is -0.329 e. The number of nitrogens with two attached hydrogens (primary N) is 1. The molecule has 0 aliphatic heterocycles. The van der Waals surface area contributed by atoms with Crippen LogP contribution in [0.5, 0.6) is 0 Å². The second-order valence-electron chi connectivity index (χ2n) is 7.82. The predicted molar refractivity (Wildman–Crippen MR) is 113 cm³/mol. The van der Waals surface area contributed by atoms with E-state index in [-0.39, 0.29) is 18.4 Å². The molecular weight excluding hydrogens is 404 g/mol. The van der Waals surface area contributed by atoms with Crippen LogP contribution >= 0.6 is 0 Å². The zero-order chi connectivity index (χ0) is 22.0. The van der Waals surface area contributed by atoms with Gasteiger partial charge >= 0.3 is 0 Å². The number of sulfone groups is 1. The highest BCUT2D eigenvalue weighted by atomic mass is 32.2. The van der Waals surface area contributed by atoms with E-state index in [0.29, 0.717) is 6.54 Å². The van der Waals surface area contributed by atoms with Crippen LogP contribution in [0.1, 0.15) is 31.7 Å². The maximum atomic E-state index is 12.1. The Kier molecular flexibility index (Phi) is 5.91. The Morgan fingerprint density at radius 3 is 2.73 bits per heavy atom. The Balaban J connectivity index is 1.77. The number of nitrogens with one attached hydrogen (secondary N) is 1. The van der Waals surface area contributed by atoms with Crippen molar-refractivity contribution in [1.82, 2.24) is 15.3 Å². The lowest BCUT2D eigenvalue weighted by atomic mass is 10.1. The first-order valence-electron chi connectivity index (χ1n) is 9.47. The lowest BCUT2D eigenvalue weighted by Gasteiger charge is -2.25. The molecule has 1 aromatic heterocycles. The van der Waals surface area contributed by atoms with E-state index in [1.165, 1.54) is 12.4 Å². The summed E-state index contributed by atoms with van der Waals surface area (Å²) in [6.07, 6.45) is 4.64. The number of fused-ring (bicyclic) bond motifs is 1. The standard InChI is InChI=1S/C21H24N4O4S/c1-20(19(26)24-27,30(2,28)29)11-12-25-18-7-6-16(13-17(18)14-23-25)5-3-4-8-21(15-22)9-10-21/h6-7,13-14,27H,9-12,15,22H2,1-2H3,(H,24,26)/t20-/m1/s1. The normalized spacial score (nSPS) is 16.5.